The summed E-state index contributed by atoms with van der Waals surface area (Å²) in [7, 11) is 1.78. The van der Waals surface area contributed by atoms with Crippen LogP contribution in [0.2, 0.25) is 10.0 Å². The highest BCUT2D eigenvalue weighted by atomic mass is 79.9. The van der Waals surface area contributed by atoms with Crippen LogP contribution in [0.3, 0.4) is 0 Å². The van der Waals surface area contributed by atoms with Crippen molar-refractivity contribution in [3.63, 3.8) is 0 Å². The van der Waals surface area contributed by atoms with Crippen molar-refractivity contribution in [2.45, 2.75) is 18.1 Å². The molecule has 3 rings (SSSR count). The second-order valence-corrected chi connectivity index (χ2v) is 9.15. The van der Waals surface area contributed by atoms with Crippen molar-refractivity contribution in [3.05, 3.63) is 68.4 Å². The Hall–Kier alpha value is -2.07. The summed E-state index contributed by atoms with van der Waals surface area (Å²) in [5.74, 6) is 0.193. The molecule has 162 valence electrons. The number of aromatic nitrogens is 3. The van der Waals surface area contributed by atoms with Gasteiger partial charge in [0.1, 0.15) is 0 Å². The molecule has 31 heavy (non-hydrogen) atoms. The smallest absolute Gasteiger partial charge is 0.253 e. The van der Waals surface area contributed by atoms with Gasteiger partial charge in [0.25, 0.3) is 5.91 Å². The van der Waals surface area contributed by atoms with Gasteiger partial charge < -0.3 is 15.2 Å². The number of rotatable bonds is 7. The van der Waals surface area contributed by atoms with E-state index >= 15 is 0 Å². The lowest BCUT2D eigenvalue weighted by Gasteiger charge is -2.14. The Morgan fingerprint density at radius 3 is 2.61 bits per heavy atom. The number of halogens is 3. The summed E-state index contributed by atoms with van der Waals surface area (Å²) in [5, 5.41) is 15.4. The number of hydrogen-bond donors (Lipinski definition) is 2. The van der Waals surface area contributed by atoms with E-state index < -0.39 is 6.04 Å². The second kappa shape index (κ2) is 10.5. The molecule has 0 spiro atoms. The lowest BCUT2D eigenvalue weighted by Crippen LogP contribution is -2.28. The van der Waals surface area contributed by atoms with Gasteiger partial charge in [0.05, 0.1) is 27.4 Å². The number of carbonyl (C=O) groups excluding carboxylic acids is 2. The van der Waals surface area contributed by atoms with E-state index in [-0.39, 0.29) is 17.6 Å². The first-order valence-corrected chi connectivity index (χ1v) is 11.6. The molecule has 0 radical (unpaired) electrons. The topological polar surface area (TPSA) is 88.9 Å². The number of hydrogen-bond acceptors (Lipinski definition) is 5. The van der Waals surface area contributed by atoms with Crippen LogP contribution in [0, 0.1) is 0 Å². The molecule has 0 aliphatic carbocycles. The van der Waals surface area contributed by atoms with Gasteiger partial charge in [-0.05, 0) is 53.2 Å². The number of nitrogens with one attached hydrogen (secondary N) is 2. The van der Waals surface area contributed by atoms with Gasteiger partial charge in [0.15, 0.2) is 11.0 Å². The fraction of sp³-hybridized carbons (Fsp3) is 0.200. The highest BCUT2D eigenvalue weighted by molar-refractivity contribution is 9.10. The highest BCUT2D eigenvalue weighted by Gasteiger charge is 2.20. The van der Waals surface area contributed by atoms with Crippen LogP contribution in [0.15, 0.2) is 52.1 Å². The first-order chi connectivity index (χ1) is 14.8. The molecular weight excluding hydrogens is 525 g/mol. The summed E-state index contributed by atoms with van der Waals surface area (Å²) in [4.78, 5) is 24.7. The zero-order valence-electron chi connectivity index (χ0n) is 16.5. The third-order valence-corrected chi connectivity index (χ3v) is 6.84. The highest BCUT2D eigenvalue weighted by Crippen LogP contribution is 2.26. The first kappa shape index (κ1) is 23.6. The van der Waals surface area contributed by atoms with Crippen LogP contribution < -0.4 is 10.6 Å². The van der Waals surface area contributed by atoms with Crippen LogP contribution in [0.4, 0.5) is 5.69 Å². The fourth-order valence-electron chi connectivity index (χ4n) is 2.71. The van der Waals surface area contributed by atoms with Crippen molar-refractivity contribution in [1.82, 2.24) is 20.1 Å². The minimum Gasteiger partial charge on any atom is -0.342 e. The van der Waals surface area contributed by atoms with Crippen LogP contribution in [0.5, 0.6) is 0 Å². The third kappa shape index (κ3) is 6.00. The molecule has 3 aromatic rings. The van der Waals surface area contributed by atoms with E-state index in [2.05, 4.69) is 36.8 Å². The Morgan fingerprint density at radius 2 is 1.90 bits per heavy atom. The predicted octanol–water partition coefficient (Wildman–Crippen LogP) is 5.11. The van der Waals surface area contributed by atoms with Crippen LogP contribution >= 0.6 is 50.9 Å². The maximum atomic E-state index is 12.5. The molecule has 11 heteroatoms. The Bertz CT molecular complexity index is 1120. The molecule has 7 nitrogen and oxygen atoms in total. The monoisotopic (exact) mass is 541 g/mol. The summed E-state index contributed by atoms with van der Waals surface area (Å²) in [6.07, 6.45) is 0. The number of thioether (sulfide) groups is 1. The minimum atomic E-state index is -0.408. The molecule has 0 aliphatic heterocycles. The van der Waals surface area contributed by atoms with Gasteiger partial charge in [-0.15, -0.1) is 10.2 Å². The molecule has 2 N–H and O–H groups in total. The number of amides is 2. The number of nitrogens with zero attached hydrogens (tertiary/aromatic N) is 3. The Balaban J connectivity index is 1.59. The second-order valence-electron chi connectivity index (χ2n) is 6.54. The zero-order valence-corrected chi connectivity index (χ0v) is 20.4. The van der Waals surface area contributed by atoms with E-state index in [1.165, 1.54) is 11.8 Å². The molecule has 0 unspecified atom stereocenters. The average Bonchev–Trinajstić information content (AvgIpc) is 3.10. The van der Waals surface area contributed by atoms with Gasteiger partial charge in [-0.25, -0.2) is 0 Å². The summed E-state index contributed by atoms with van der Waals surface area (Å²) < 4.78 is 2.50. The van der Waals surface area contributed by atoms with E-state index in [0.29, 0.717) is 32.3 Å². The number of carbonyl (C=O) groups is 2. The SMILES string of the molecule is C[C@@H](NC(=O)c1ccccc1Cl)c1nnc(SCC(=O)Nc2ccc(Br)c(Cl)c2)n1C. The van der Waals surface area contributed by atoms with Gasteiger partial charge in [-0.3, -0.25) is 9.59 Å². The Labute approximate surface area is 202 Å². The van der Waals surface area contributed by atoms with E-state index in [1.54, 1.807) is 61.0 Å². The summed E-state index contributed by atoms with van der Waals surface area (Å²) >= 11 is 16.7. The van der Waals surface area contributed by atoms with E-state index in [0.717, 1.165) is 4.47 Å². The standard InChI is InChI=1S/C20H18BrCl2N5O2S/c1-11(24-19(30)13-5-3-4-6-15(13)22)18-26-27-20(28(18)2)31-10-17(29)25-12-7-8-14(21)16(23)9-12/h3-9,11H,10H2,1-2H3,(H,24,30)(H,25,29)/t11-/m1/s1. The zero-order chi connectivity index (χ0) is 22.5. The van der Waals surface area contributed by atoms with E-state index in [1.807, 2.05) is 0 Å². The van der Waals surface area contributed by atoms with Crippen LogP contribution in [0.25, 0.3) is 0 Å². The molecule has 0 bridgehead atoms. The van der Waals surface area contributed by atoms with Crippen molar-refractivity contribution in [2.24, 2.45) is 7.05 Å². The van der Waals surface area contributed by atoms with Gasteiger partial charge in [0.2, 0.25) is 5.91 Å². The quantitative estimate of drug-likeness (QED) is 0.405. The van der Waals surface area contributed by atoms with Gasteiger partial charge in [-0.2, -0.15) is 0 Å². The molecule has 0 fully saturated rings. The van der Waals surface area contributed by atoms with Crippen molar-refractivity contribution < 1.29 is 9.59 Å². The molecular formula is C20H18BrCl2N5O2S. The molecule has 2 amide bonds. The van der Waals surface area contributed by atoms with Crippen molar-refractivity contribution in [2.75, 3.05) is 11.1 Å². The molecule has 0 aliphatic rings. The van der Waals surface area contributed by atoms with Crippen LogP contribution in [-0.4, -0.2) is 32.3 Å². The molecule has 1 aromatic heterocycles. The van der Waals surface area contributed by atoms with Crippen molar-refractivity contribution in [3.8, 4) is 0 Å². The van der Waals surface area contributed by atoms with E-state index in [9.17, 15) is 9.59 Å². The molecule has 0 saturated carbocycles. The maximum absolute atomic E-state index is 12.5. The van der Waals surface area contributed by atoms with E-state index in [4.69, 9.17) is 23.2 Å². The number of anilines is 1. The van der Waals surface area contributed by atoms with Crippen molar-refractivity contribution in [1.29, 1.82) is 0 Å². The Kier molecular flexibility index (Phi) is 7.99. The minimum absolute atomic E-state index is 0.139. The predicted molar refractivity (Wildman–Crippen MR) is 127 cm³/mol. The molecule has 2 aromatic carbocycles. The molecule has 1 heterocycles. The first-order valence-electron chi connectivity index (χ1n) is 9.08. The van der Waals surface area contributed by atoms with Gasteiger partial charge in [0, 0.05) is 17.2 Å². The van der Waals surface area contributed by atoms with Crippen LogP contribution in [0.1, 0.15) is 29.1 Å². The summed E-state index contributed by atoms with van der Waals surface area (Å²) in [6, 6.07) is 11.6. The van der Waals surface area contributed by atoms with Gasteiger partial charge >= 0.3 is 0 Å². The Morgan fingerprint density at radius 1 is 1.16 bits per heavy atom. The van der Waals surface area contributed by atoms with Crippen LogP contribution in [-0.2, 0) is 11.8 Å². The van der Waals surface area contributed by atoms with Crippen molar-refractivity contribution >= 4 is 68.4 Å². The lowest BCUT2D eigenvalue weighted by molar-refractivity contribution is -0.113. The summed E-state index contributed by atoms with van der Waals surface area (Å²) in [6.45, 7) is 1.80. The fourth-order valence-corrected chi connectivity index (χ4v) is 4.08. The number of benzene rings is 2. The maximum Gasteiger partial charge on any atom is 0.253 e. The average molecular weight is 543 g/mol. The molecule has 1 atom stereocenters. The third-order valence-electron chi connectivity index (χ3n) is 4.26. The lowest BCUT2D eigenvalue weighted by atomic mass is 10.2. The summed E-state index contributed by atoms with van der Waals surface area (Å²) in [5.41, 5.74) is 0.992. The van der Waals surface area contributed by atoms with Gasteiger partial charge in [-0.1, -0.05) is 47.1 Å². The molecule has 0 saturated heterocycles. The normalized spacial score (nSPS) is 11.8. The largest absolute Gasteiger partial charge is 0.342 e.